The highest BCUT2D eigenvalue weighted by atomic mass is 35.5. The summed E-state index contributed by atoms with van der Waals surface area (Å²) < 4.78 is 10.7. The molecule has 1 aromatic carbocycles. The van der Waals surface area contributed by atoms with Crippen molar-refractivity contribution in [3.63, 3.8) is 0 Å². The number of amides is 1. The average molecular weight is 303 g/mol. The van der Waals surface area contributed by atoms with Crippen molar-refractivity contribution in [1.29, 1.82) is 0 Å². The van der Waals surface area contributed by atoms with Crippen molar-refractivity contribution in [3.8, 4) is 5.75 Å². The quantitative estimate of drug-likeness (QED) is 0.772. The second kappa shape index (κ2) is 10.5. The largest absolute Gasteiger partial charge is 0.492 e. The lowest BCUT2D eigenvalue weighted by molar-refractivity contribution is -0.117. The third kappa shape index (κ3) is 7.99. The number of carbonyl (C=O) groups is 1. The zero-order valence-corrected chi connectivity index (χ0v) is 12.7. The van der Waals surface area contributed by atoms with Gasteiger partial charge < -0.3 is 20.5 Å². The maximum absolute atomic E-state index is 11.6. The molecule has 0 aromatic heterocycles. The number of carbonyl (C=O) groups excluding carboxylic acids is 1. The Morgan fingerprint density at radius 2 is 1.90 bits per heavy atom. The lowest BCUT2D eigenvalue weighted by Gasteiger charge is -2.09. The van der Waals surface area contributed by atoms with E-state index in [4.69, 9.17) is 15.2 Å². The molecule has 3 N–H and O–H groups in total. The van der Waals surface area contributed by atoms with Crippen LogP contribution in [0.5, 0.6) is 5.75 Å². The van der Waals surface area contributed by atoms with Crippen molar-refractivity contribution in [2.45, 2.75) is 26.4 Å². The van der Waals surface area contributed by atoms with Crippen molar-refractivity contribution >= 4 is 24.0 Å². The number of ether oxygens (including phenoxy) is 2. The molecule has 0 aliphatic rings. The minimum Gasteiger partial charge on any atom is -0.492 e. The number of hydrogen-bond acceptors (Lipinski definition) is 4. The van der Waals surface area contributed by atoms with Crippen molar-refractivity contribution in [2.24, 2.45) is 5.73 Å². The molecule has 0 spiro atoms. The van der Waals surface area contributed by atoms with Gasteiger partial charge in [-0.1, -0.05) is 0 Å². The number of rotatable bonds is 8. The number of anilines is 1. The molecule has 0 saturated heterocycles. The third-order valence-electron chi connectivity index (χ3n) is 2.30. The van der Waals surface area contributed by atoms with Gasteiger partial charge in [-0.15, -0.1) is 12.4 Å². The molecule has 0 aliphatic carbocycles. The van der Waals surface area contributed by atoms with Crippen LogP contribution in [0.3, 0.4) is 0 Å². The summed E-state index contributed by atoms with van der Waals surface area (Å²) in [5, 5.41) is 2.80. The van der Waals surface area contributed by atoms with E-state index in [0.717, 1.165) is 11.4 Å². The molecule has 0 fully saturated rings. The van der Waals surface area contributed by atoms with Crippen molar-refractivity contribution in [1.82, 2.24) is 0 Å². The third-order valence-corrected chi connectivity index (χ3v) is 2.30. The predicted octanol–water partition coefficient (Wildman–Crippen LogP) is 2.20. The summed E-state index contributed by atoms with van der Waals surface area (Å²) in [6.45, 7) is 5.28. The Morgan fingerprint density at radius 1 is 1.25 bits per heavy atom. The van der Waals surface area contributed by atoms with E-state index in [-0.39, 0.29) is 24.4 Å². The van der Waals surface area contributed by atoms with E-state index in [1.54, 1.807) is 24.3 Å². The molecule has 0 heterocycles. The summed E-state index contributed by atoms with van der Waals surface area (Å²) >= 11 is 0. The Kier molecular flexibility index (Phi) is 9.80. The second-order valence-corrected chi connectivity index (χ2v) is 4.38. The minimum absolute atomic E-state index is 0. The Hall–Kier alpha value is -1.30. The highest BCUT2D eigenvalue weighted by molar-refractivity contribution is 5.90. The molecule has 0 bridgehead atoms. The van der Waals surface area contributed by atoms with Crippen LogP contribution in [0.1, 0.15) is 20.3 Å². The molecule has 1 rings (SSSR count). The van der Waals surface area contributed by atoms with Gasteiger partial charge in [0.1, 0.15) is 12.4 Å². The summed E-state index contributed by atoms with van der Waals surface area (Å²) in [5.41, 5.74) is 6.09. The minimum atomic E-state index is -0.0590. The van der Waals surface area contributed by atoms with E-state index < -0.39 is 0 Å². The monoisotopic (exact) mass is 302 g/mol. The fraction of sp³-hybridized carbons (Fsp3) is 0.500. The highest BCUT2D eigenvalue weighted by Gasteiger charge is 2.03. The number of nitrogens with one attached hydrogen (secondary N) is 1. The van der Waals surface area contributed by atoms with E-state index in [1.807, 2.05) is 13.8 Å². The first-order chi connectivity index (χ1) is 9.11. The van der Waals surface area contributed by atoms with Gasteiger partial charge in [0.15, 0.2) is 0 Å². The number of halogens is 1. The van der Waals surface area contributed by atoms with Crippen LogP contribution >= 0.6 is 12.4 Å². The van der Waals surface area contributed by atoms with Gasteiger partial charge in [0, 0.05) is 12.2 Å². The molecular weight excluding hydrogens is 280 g/mol. The van der Waals surface area contributed by atoms with Gasteiger partial charge in [-0.25, -0.2) is 0 Å². The molecular formula is C14H23ClN2O3. The van der Waals surface area contributed by atoms with Crippen LogP contribution < -0.4 is 15.8 Å². The van der Waals surface area contributed by atoms with E-state index in [9.17, 15) is 4.79 Å². The summed E-state index contributed by atoms with van der Waals surface area (Å²) in [6.07, 6.45) is 0.496. The molecule has 0 radical (unpaired) electrons. The second-order valence-electron chi connectivity index (χ2n) is 4.38. The molecule has 6 heteroatoms. The molecule has 5 nitrogen and oxygen atoms in total. The zero-order valence-electron chi connectivity index (χ0n) is 11.9. The maximum atomic E-state index is 11.6. The molecule has 0 aliphatic heterocycles. The first kappa shape index (κ1) is 18.7. The predicted molar refractivity (Wildman–Crippen MR) is 82.6 cm³/mol. The zero-order chi connectivity index (χ0) is 14.1. The summed E-state index contributed by atoms with van der Waals surface area (Å²) in [5.74, 6) is 0.683. The van der Waals surface area contributed by atoms with Gasteiger partial charge in [0.25, 0.3) is 0 Å². The Balaban J connectivity index is 0.00000361. The van der Waals surface area contributed by atoms with Gasteiger partial charge in [-0.2, -0.15) is 0 Å². The van der Waals surface area contributed by atoms with E-state index in [2.05, 4.69) is 5.32 Å². The normalized spacial score (nSPS) is 10.0. The molecule has 20 heavy (non-hydrogen) atoms. The van der Waals surface area contributed by atoms with Gasteiger partial charge in [0.2, 0.25) is 5.91 Å². The van der Waals surface area contributed by atoms with Crippen LogP contribution in [-0.2, 0) is 9.53 Å². The van der Waals surface area contributed by atoms with E-state index in [0.29, 0.717) is 26.2 Å². The topological polar surface area (TPSA) is 73.6 Å². The van der Waals surface area contributed by atoms with E-state index in [1.165, 1.54) is 0 Å². The van der Waals surface area contributed by atoms with Crippen LogP contribution in [0.2, 0.25) is 0 Å². The Labute approximate surface area is 126 Å². The van der Waals surface area contributed by atoms with Crippen molar-refractivity contribution < 1.29 is 14.3 Å². The number of hydrogen-bond donors (Lipinski definition) is 2. The number of benzene rings is 1. The van der Waals surface area contributed by atoms with Gasteiger partial charge >= 0.3 is 0 Å². The molecule has 0 unspecified atom stereocenters. The van der Waals surface area contributed by atoms with Crippen LogP contribution in [-0.4, -0.2) is 31.8 Å². The lowest BCUT2D eigenvalue weighted by Crippen LogP contribution is -2.15. The first-order valence-electron chi connectivity index (χ1n) is 6.46. The molecule has 1 aromatic rings. The van der Waals surface area contributed by atoms with Crippen molar-refractivity contribution in [3.05, 3.63) is 24.3 Å². The summed E-state index contributed by atoms with van der Waals surface area (Å²) in [6, 6.07) is 7.20. The molecule has 0 atom stereocenters. The average Bonchev–Trinajstić information content (AvgIpc) is 2.37. The van der Waals surface area contributed by atoms with Crippen LogP contribution in [0, 0.1) is 0 Å². The smallest absolute Gasteiger partial charge is 0.226 e. The van der Waals surface area contributed by atoms with Crippen LogP contribution in [0.25, 0.3) is 0 Å². The number of nitrogens with two attached hydrogens (primary N) is 1. The van der Waals surface area contributed by atoms with Crippen molar-refractivity contribution in [2.75, 3.05) is 25.1 Å². The van der Waals surface area contributed by atoms with Gasteiger partial charge in [0.05, 0.1) is 19.1 Å². The standard InChI is InChI=1S/C14H22N2O3.ClH/c1-11(2)18-9-7-14(17)16-12-3-5-13(6-4-12)19-10-8-15;/h3-6,11H,7-10,15H2,1-2H3,(H,16,17);1H. The lowest BCUT2D eigenvalue weighted by atomic mass is 10.3. The summed E-state index contributed by atoms with van der Waals surface area (Å²) in [7, 11) is 0. The molecule has 0 saturated carbocycles. The molecule has 114 valence electrons. The molecule has 1 amide bonds. The van der Waals surface area contributed by atoms with E-state index >= 15 is 0 Å². The summed E-state index contributed by atoms with van der Waals surface area (Å²) in [4.78, 5) is 11.6. The maximum Gasteiger partial charge on any atom is 0.226 e. The van der Waals surface area contributed by atoms with Crippen LogP contribution in [0.15, 0.2) is 24.3 Å². The fourth-order valence-corrected chi connectivity index (χ4v) is 1.42. The van der Waals surface area contributed by atoms with Gasteiger partial charge in [-0.05, 0) is 38.1 Å². The SMILES string of the molecule is CC(C)OCCC(=O)Nc1ccc(OCCN)cc1.Cl. The Bertz CT molecular complexity index is 383. The highest BCUT2D eigenvalue weighted by Crippen LogP contribution is 2.15. The first-order valence-corrected chi connectivity index (χ1v) is 6.46. The fourth-order valence-electron chi connectivity index (χ4n) is 1.42. The Morgan fingerprint density at radius 3 is 2.45 bits per heavy atom. The van der Waals surface area contributed by atoms with Crippen LogP contribution in [0.4, 0.5) is 5.69 Å². The van der Waals surface area contributed by atoms with Gasteiger partial charge in [-0.3, -0.25) is 4.79 Å².